The molecule has 1 aromatic heterocycles. The Hall–Kier alpha value is -1.58. The van der Waals surface area contributed by atoms with Gasteiger partial charge in [0.15, 0.2) is 0 Å². The summed E-state index contributed by atoms with van der Waals surface area (Å²) < 4.78 is 5.79. The van der Waals surface area contributed by atoms with Crippen LogP contribution in [0.2, 0.25) is 5.02 Å². The van der Waals surface area contributed by atoms with E-state index < -0.39 is 0 Å². The summed E-state index contributed by atoms with van der Waals surface area (Å²) in [6.45, 7) is 3.88. The van der Waals surface area contributed by atoms with Crippen LogP contribution in [-0.2, 0) is 6.54 Å². The van der Waals surface area contributed by atoms with Crippen LogP contribution in [0.5, 0.6) is 11.6 Å². The monoisotopic (exact) mass is 276 g/mol. The number of pyridine rings is 1. The zero-order chi connectivity index (χ0) is 13.5. The summed E-state index contributed by atoms with van der Waals surface area (Å²) >= 11 is 5.85. The number of benzene rings is 1. The summed E-state index contributed by atoms with van der Waals surface area (Å²) in [4.78, 5) is 4.28. The molecule has 0 spiro atoms. The van der Waals surface area contributed by atoms with E-state index in [1.807, 2.05) is 24.3 Å². The number of ether oxygens (including phenoxy) is 1. The predicted molar refractivity (Wildman–Crippen MR) is 77.8 cm³/mol. The number of rotatable bonds is 6. The van der Waals surface area contributed by atoms with Gasteiger partial charge in [-0.05, 0) is 43.3 Å². The van der Waals surface area contributed by atoms with E-state index in [-0.39, 0.29) is 0 Å². The lowest BCUT2D eigenvalue weighted by molar-refractivity contribution is 0.453. The standard InChI is InChI=1S/C15H17ClN2O/c1-2-9-17-11-12-4-3-10-18-15(12)19-14-7-5-13(16)6-8-14/h3-8,10,17H,2,9,11H2,1H3. The van der Waals surface area contributed by atoms with Crippen LogP contribution in [0, 0.1) is 0 Å². The molecule has 0 radical (unpaired) electrons. The Labute approximate surface area is 118 Å². The van der Waals surface area contributed by atoms with Gasteiger partial charge in [0.1, 0.15) is 5.75 Å². The van der Waals surface area contributed by atoms with Crippen molar-refractivity contribution in [3.05, 3.63) is 53.2 Å². The van der Waals surface area contributed by atoms with Crippen molar-refractivity contribution in [2.45, 2.75) is 19.9 Å². The van der Waals surface area contributed by atoms with E-state index >= 15 is 0 Å². The summed E-state index contributed by atoms with van der Waals surface area (Å²) in [5, 5.41) is 4.04. The minimum Gasteiger partial charge on any atom is -0.439 e. The largest absolute Gasteiger partial charge is 0.439 e. The highest BCUT2D eigenvalue weighted by atomic mass is 35.5. The number of aromatic nitrogens is 1. The van der Waals surface area contributed by atoms with Crippen LogP contribution < -0.4 is 10.1 Å². The van der Waals surface area contributed by atoms with Crippen molar-refractivity contribution in [3.8, 4) is 11.6 Å². The molecule has 1 heterocycles. The molecule has 0 unspecified atom stereocenters. The van der Waals surface area contributed by atoms with Gasteiger partial charge in [0, 0.05) is 23.3 Å². The Morgan fingerprint density at radius 1 is 1.21 bits per heavy atom. The van der Waals surface area contributed by atoms with Crippen LogP contribution >= 0.6 is 11.6 Å². The normalized spacial score (nSPS) is 10.4. The summed E-state index contributed by atoms with van der Waals surface area (Å²) in [6, 6.07) is 11.2. The van der Waals surface area contributed by atoms with Crippen LogP contribution in [0.15, 0.2) is 42.6 Å². The average molecular weight is 277 g/mol. The molecule has 0 saturated heterocycles. The highest BCUT2D eigenvalue weighted by Gasteiger charge is 2.05. The zero-order valence-corrected chi connectivity index (χ0v) is 11.7. The van der Waals surface area contributed by atoms with E-state index in [9.17, 15) is 0 Å². The molecule has 1 aromatic carbocycles. The molecule has 4 heteroatoms. The highest BCUT2D eigenvalue weighted by molar-refractivity contribution is 6.30. The lowest BCUT2D eigenvalue weighted by atomic mass is 10.2. The van der Waals surface area contributed by atoms with Gasteiger partial charge in [-0.25, -0.2) is 4.98 Å². The lowest BCUT2D eigenvalue weighted by Crippen LogP contribution is -2.14. The average Bonchev–Trinajstić information content (AvgIpc) is 2.43. The molecule has 0 aliphatic rings. The molecular formula is C15H17ClN2O. The molecule has 0 aliphatic carbocycles. The van der Waals surface area contributed by atoms with Crippen molar-refractivity contribution in [2.24, 2.45) is 0 Å². The molecular weight excluding hydrogens is 260 g/mol. The van der Waals surface area contributed by atoms with Crippen molar-refractivity contribution >= 4 is 11.6 Å². The molecule has 100 valence electrons. The van der Waals surface area contributed by atoms with Gasteiger partial charge in [-0.1, -0.05) is 24.6 Å². The first-order chi connectivity index (χ1) is 9.29. The van der Waals surface area contributed by atoms with Gasteiger partial charge < -0.3 is 10.1 Å². The fraction of sp³-hybridized carbons (Fsp3) is 0.267. The maximum Gasteiger partial charge on any atom is 0.223 e. The van der Waals surface area contributed by atoms with Crippen molar-refractivity contribution < 1.29 is 4.74 Å². The number of halogens is 1. The summed E-state index contributed by atoms with van der Waals surface area (Å²) in [5.74, 6) is 1.37. The highest BCUT2D eigenvalue weighted by Crippen LogP contribution is 2.24. The van der Waals surface area contributed by atoms with Crippen molar-refractivity contribution in [1.29, 1.82) is 0 Å². The third-order valence-electron chi connectivity index (χ3n) is 2.62. The first-order valence-electron chi connectivity index (χ1n) is 6.37. The zero-order valence-electron chi connectivity index (χ0n) is 10.9. The van der Waals surface area contributed by atoms with Gasteiger partial charge in [0.25, 0.3) is 0 Å². The number of hydrogen-bond acceptors (Lipinski definition) is 3. The van der Waals surface area contributed by atoms with E-state index in [2.05, 4.69) is 17.2 Å². The third-order valence-corrected chi connectivity index (χ3v) is 2.87. The van der Waals surface area contributed by atoms with Crippen LogP contribution in [0.25, 0.3) is 0 Å². The Bertz CT molecular complexity index is 514. The van der Waals surface area contributed by atoms with E-state index in [4.69, 9.17) is 16.3 Å². The lowest BCUT2D eigenvalue weighted by Gasteiger charge is -2.10. The Balaban J connectivity index is 2.08. The Morgan fingerprint density at radius 2 is 2.00 bits per heavy atom. The first-order valence-corrected chi connectivity index (χ1v) is 6.75. The minimum absolute atomic E-state index is 0.633. The second kappa shape index (κ2) is 7.12. The second-order valence-corrected chi connectivity index (χ2v) is 4.64. The minimum atomic E-state index is 0.633. The maximum atomic E-state index is 5.85. The molecule has 0 bridgehead atoms. The van der Waals surface area contributed by atoms with Gasteiger partial charge in [0.05, 0.1) is 0 Å². The fourth-order valence-electron chi connectivity index (χ4n) is 1.66. The number of hydrogen-bond donors (Lipinski definition) is 1. The van der Waals surface area contributed by atoms with Gasteiger partial charge in [-0.3, -0.25) is 0 Å². The molecule has 1 N–H and O–H groups in total. The van der Waals surface area contributed by atoms with Crippen molar-refractivity contribution in [3.63, 3.8) is 0 Å². The Morgan fingerprint density at radius 3 is 2.74 bits per heavy atom. The molecule has 0 amide bonds. The first kappa shape index (κ1) is 13.8. The summed E-state index contributed by atoms with van der Waals surface area (Å²) in [5.41, 5.74) is 1.05. The SMILES string of the molecule is CCCNCc1cccnc1Oc1ccc(Cl)cc1. The van der Waals surface area contributed by atoms with E-state index in [0.717, 1.165) is 30.8 Å². The van der Waals surface area contributed by atoms with Gasteiger partial charge >= 0.3 is 0 Å². The third kappa shape index (κ3) is 4.23. The predicted octanol–water partition coefficient (Wildman–Crippen LogP) is 4.03. The van der Waals surface area contributed by atoms with Crippen LogP contribution in [0.4, 0.5) is 0 Å². The molecule has 2 aromatic rings. The summed E-state index contributed by atoms with van der Waals surface area (Å²) in [7, 11) is 0. The van der Waals surface area contributed by atoms with Crippen LogP contribution in [-0.4, -0.2) is 11.5 Å². The van der Waals surface area contributed by atoms with E-state index in [0.29, 0.717) is 10.9 Å². The van der Waals surface area contributed by atoms with Crippen molar-refractivity contribution in [1.82, 2.24) is 10.3 Å². The van der Waals surface area contributed by atoms with Crippen LogP contribution in [0.3, 0.4) is 0 Å². The smallest absolute Gasteiger partial charge is 0.223 e. The topological polar surface area (TPSA) is 34.2 Å². The maximum absolute atomic E-state index is 5.85. The number of nitrogens with one attached hydrogen (secondary N) is 1. The van der Waals surface area contributed by atoms with Gasteiger partial charge in [0.2, 0.25) is 5.88 Å². The fourth-order valence-corrected chi connectivity index (χ4v) is 1.79. The quantitative estimate of drug-likeness (QED) is 0.809. The second-order valence-electron chi connectivity index (χ2n) is 4.20. The molecule has 0 atom stereocenters. The molecule has 2 rings (SSSR count). The van der Waals surface area contributed by atoms with Crippen LogP contribution in [0.1, 0.15) is 18.9 Å². The molecule has 3 nitrogen and oxygen atoms in total. The van der Waals surface area contributed by atoms with E-state index in [1.165, 1.54) is 0 Å². The van der Waals surface area contributed by atoms with E-state index in [1.54, 1.807) is 18.3 Å². The molecule has 0 fully saturated rings. The van der Waals surface area contributed by atoms with Crippen molar-refractivity contribution in [2.75, 3.05) is 6.54 Å². The molecule has 0 aliphatic heterocycles. The van der Waals surface area contributed by atoms with Gasteiger partial charge in [-0.15, -0.1) is 0 Å². The summed E-state index contributed by atoms with van der Waals surface area (Å²) in [6.07, 6.45) is 2.84. The Kier molecular flexibility index (Phi) is 5.19. The molecule has 19 heavy (non-hydrogen) atoms. The van der Waals surface area contributed by atoms with Gasteiger partial charge in [-0.2, -0.15) is 0 Å². The molecule has 0 saturated carbocycles. The number of nitrogens with zero attached hydrogens (tertiary/aromatic N) is 1.